The molecule has 156 valence electrons. The van der Waals surface area contributed by atoms with E-state index in [0.29, 0.717) is 0 Å². The average Bonchev–Trinajstić information content (AvgIpc) is 2.78. The van der Waals surface area contributed by atoms with Crippen LogP contribution < -0.4 is 0 Å². The predicted molar refractivity (Wildman–Crippen MR) is 134 cm³/mol. The van der Waals surface area contributed by atoms with E-state index in [1.165, 1.54) is 39.0 Å². The zero-order valence-electron chi connectivity index (χ0n) is 19.3. The minimum atomic E-state index is 0.202. The maximum Gasteiger partial charge on any atom is 0.0195 e. The van der Waals surface area contributed by atoms with Gasteiger partial charge in [0, 0.05) is 11.8 Å². The molecule has 0 bridgehead atoms. The van der Waals surface area contributed by atoms with E-state index in [1.807, 2.05) is 6.92 Å². The molecule has 0 amide bonds. The van der Waals surface area contributed by atoms with Crippen molar-refractivity contribution >= 4 is 0 Å². The van der Waals surface area contributed by atoms with E-state index in [0.717, 1.165) is 5.57 Å². The highest BCUT2D eigenvalue weighted by molar-refractivity contribution is 5.45. The van der Waals surface area contributed by atoms with Gasteiger partial charge in [-0.05, 0) is 56.9 Å². The van der Waals surface area contributed by atoms with Crippen LogP contribution in [-0.4, -0.2) is 0 Å². The van der Waals surface area contributed by atoms with E-state index in [1.54, 1.807) is 0 Å². The first-order valence-electron chi connectivity index (χ1n) is 10.9. The van der Waals surface area contributed by atoms with Gasteiger partial charge in [-0.15, -0.1) is 6.42 Å². The van der Waals surface area contributed by atoms with Crippen molar-refractivity contribution in [2.75, 3.05) is 0 Å². The second kappa shape index (κ2) is 10.1. The largest absolute Gasteiger partial charge is 0.115 e. The van der Waals surface area contributed by atoms with Gasteiger partial charge in [-0.1, -0.05) is 113 Å². The summed E-state index contributed by atoms with van der Waals surface area (Å²) >= 11 is 0. The summed E-state index contributed by atoms with van der Waals surface area (Å²) in [4.78, 5) is 0. The Hall–Kier alpha value is -3.30. The lowest BCUT2D eigenvalue weighted by Gasteiger charge is -2.30. The van der Waals surface area contributed by atoms with E-state index in [4.69, 9.17) is 6.42 Å². The van der Waals surface area contributed by atoms with Crippen molar-refractivity contribution in [1.82, 2.24) is 0 Å². The Morgan fingerprint density at radius 3 is 1.42 bits per heavy atom. The summed E-state index contributed by atoms with van der Waals surface area (Å²) in [6.07, 6.45) is 9.83. The summed E-state index contributed by atoms with van der Waals surface area (Å²) < 4.78 is 0. The molecule has 0 saturated carbocycles. The number of benzene rings is 3. The van der Waals surface area contributed by atoms with Crippen LogP contribution in [0.1, 0.15) is 59.1 Å². The quantitative estimate of drug-likeness (QED) is 0.288. The summed E-state index contributed by atoms with van der Waals surface area (Å²) in [7, 11) is 0. The molecule has 0 nitrogen and oxygen atoms in total. The minimum absolute atomic E-state index is 0.202. The van der Waals surface area contributed by atoms with Crippen LogP contribution in [0.5, 0.6) is 0 Å². The first kappa shape index (κ1) is 22.4. The highest BCUT2D eigenvalue weighted by Gasteiger charge is 2.27. The number of hydrogen-bond acceptors (Lipinski definition) is 0. The van der Waals surface area contributed by atoms with Crippen molar-refractivity contribution in [3.63, 3.8) is 0 Å². The van der Waals surface area contributed by atoms with Gasteiger partial charge >= 0.3 is 0 Å². The molecule has 0 fully saturated rings. The molecule has 0 radical (unpaired) electrons. The smallest absolute Gasteiger partial charge is 0.0195 e. The summed E-state index contributed by atoms with van der Waals surface area (Å²) in [6.45, 7) is 10.6. The highest BCUT2D eigenvalue weighted by atomic mass is 14.3. The Kier molecular flexibility index (Phi) is 7.32. The third-order valence-corrected chi connectivity index (χ3v) is 5.96. The third-order valence-electron chi connectivity index (χ3n) is 5.96. The number of aryl methyl sites for hydroxylation is 3. The number of allylic oxidation sites excluding steroid dienone is 4. The molecule has 3 aromatic rings. The Morgan fingerprint density at radius 1 is 0.645 bits per heavy atom. The first-order chi connectivity index (χ1) is 14.9. The third kappa shape index (κ3) is 5.65. The first-order valence-corrected chi connectivity index (χ1v) is 10.9. The van der Waals surface area contributed by atoms with Crippen molar-refractivity contribution in [1.29, 1.82) is 0 Å². The SMILES string of the molecule is C#C/C(C)=C\C=C(/C)C(c1ccc(C)cc1)C(c1ccc(C)cc1)c1ccc(C)cc1. The minimum Gasteiger partial charge on any atom is -0.115 e. The molecule has 0 aliphatic rings. The van der Waals surface area contributed by atoms with Crippen LogP contribution in [-0.2, 0) is 0 Å². The zero-order valence-corrected chi connectivity index (χ0v) is 19.3. The van der Waals surface area contributed by atoms with Gasteiger partial charge in [0.25, 0.3) is 0 Å². The van der Waals surface area contributed by atoms with Gasteiger partial charge in [0.05, 0.1) is 0 Å². The monoisotopic (exact) mass is 404 g/mol. The highest BCUT2D eigenvalue weighted by Crippen LogP contribution is 2.43. The van der Waals surface area contributed by atoms with E-state index >= 15 is 0 Å². The van der Waals surface area contributed by atoms with Crippen molar-refractivity contribution < 1.29 is 0 Å². The molecule has 0 saturated heterocycles. The lowest BCUT2D eigenvalue weighted by molar-refractivity contribution is 0.680. The molecular formula is C31H32. The van der Waals surface area contributed by atoms with Crippen LogP contribution in [0, 0.1) is 33.1 Å². The van der Waals surface area contributed by atoms with Crippen LogP contribution in [0.3, 0.4) is 0 Å². The molecule has 3 rings (SSSR count). The van der Waals surface area contributed by atoms with Gasteiger partial charge in [0.1, 0.15) is 0 Å². The Labute approximate surface area is 188 Å². The molecule has 0 heteroatoms. The molecular weight excluding hydrogens is 372 g/mol. The maximum absolute atomic E-state index is 5.58. The van der Waals surface area contributed by atoms with Crippen LogP contribution in [0.2, 0.25) is 0 Å². The second-order valence-electron chi connectivity index (χ2n) is 8.59. The summed E-state index contributed by atoms with van der Waals surface area (Å²) in [5.41, 5.74) is 10.0. The van der Waals surface area contributed by atoms with Gasteiger partial charge in [-0.2, -0.15) is 0 Å². The van der Waals surface area contributed by atoms with Gasteiger partial charge in [0.2, 0.25) is 0 Å². The normalized spacial score (nSPS) is 13.2. The molecule has 0 aliphatic heterocycles. The van der Waals surface area contributed by atoms with Crippen LogP contribution in [0.4, 0.5) is 0 Å². The lowest BCUT2D eigenvalue weighted by Crippen LogP contribution is -2.15. The molecule has 3 aromatic carbocycles. The fourth-order valence-corrected chi connectivity index (χ4v) is 4.03. The van der Waals surface area contributed by atoms with Gasteiger partial charge < -0.3 is 0 Å². The van der Waals surface area contributed by atoms with Crippen molar-refractivity contribution in [2.24, 2.45) is 0 Å². The Morgan fingerprint density at radius 2 is 1.03 bits per heavy atom. The molecule has 31 heavy (non-hydrogen) atoms. The molecule has 0 N–H and O–H groups in total. The van der Waals surface area contributed by atoms with E-state index in [2.05, 4.69) is 119 Å². The van der Waals surface area contributed by atoms with E-state index in [9.17, 15) is 0 Å². The van der Waals surface area contributed by atoms with Crippen LogP contribution >= 0.6 is 0 Å². The number of hydrogen-bond donors (Lipinski definition) is 0. The van der Waals surface area contributed by atoms with Crippen molar-refractivity contribution in [3.8, 4) is 12.3 Å². The van der Waals surface area contributed by atoms with E-state index < -0.39 is 0 Å². The maximum atomic E-state index is 5.58. The fraction of sp³-hybridized carbons (Fsp3) is 0.226. The van der Waals surface area contributed by atoms with Gasteiger partial charge in [-0.25, -0.2) is 0 Å². The molecule has 0 aliphatic carbocycles. The van der Waals surface area contributed by atoms with E-state index in [-0.39, 0.29) is 11.8 Å². The van der Waals surface area contributed by atoms with Gasteiger partial charge in [0.15, 0.2) is 0 Å². The van der Waals surface area contributed by atoms with Crippen molar-refractivity contribution in [3.05, 3.63) is 129 Å². The topological polar surface area (TPSA) is 0 Å². The molecule has 0 aromatic heterocycles. The molecule has 1 unspecified atom stereocenters. The van der Waals surface area contributed by atoms with Crippen LogP contribution in [0.15, 0.2) is 96.1 Å². The average molecular weight is 405 g/mol. The Bertz CT molecular complexity index is 1050. The van der Waals surface area contributed by atoms with Gasteiger partial charge in [-0.3, -0.25) is 0 Å². The predicted octanol–water partition coefficient (Wildman–Crippen LogP) is 8.05. The van der Waals surface area contributed by atoms with Crippen molar-refractivity contribution in [2.45, 2.75) is 46.5 Å². The van der Waals surface area contributed by atoms with Crippen LogP contribution in [0.25, 0.3) is 0 Å². The second-order valence-corrected chi connectivity index (χ2v) is 8.59. The standard InChI is InChI=1S/C31H32/c1-7-22(2)8-15-26(6)30(27-16-9-23(3)10-17-27)31(28-18-11-24(4)12-19-28)29-20-13-25(5)14-21-29/h1,8-21,30-31H,2-6H3/b22-8-,26-15+. The molecule has 1 atom stereocenters. The lowest BCUT2D eigenvalue weighted by atomic mass is 9.73. The summed E-state index contributed by atoms with van der Waals surface area (Å²) in [5.74, 6) is 3.14. The number of rotatable bonds is 6. The summed E-state index contributed by atoms with van der Waals surface area (Å²) in [5, 5.41) is 0. The molecule has 0 heterocycles. The molecule has 0 spiro atoms. The number of terminal acetylenes is 1. The Balaban J connectivity index is 2.23. The fourth-order valence-electron chi connectivity index (χ4n) is 4.03. The zero-order chi connectivity index (χ0) is 22.4. The summed E-state index contributed by atoms with van der Waals surface area (Å²) in [6, 6.07) is 26.9.